The summed E-state index contributed by atoms with van der Waals surface area (Å²) in [5, 5.41) is 12.1. The number of rotatable bonds is 4. The molecule has 1 aliphatic rings. The molecule has 1 N–H and O–H groups in total. The van der Waals surface area contributed by atoms with E-state index in [1.54, 1.807) is 0 Å². The molecule has 1 aliphatic carbocycles. The summed E-state index contributed by atoms with van der Waals surface area (Å²) in [6, 6.07) is 3.06. The van der Waals surface area contributed by atoms with Crippen LogP contribution in [0.2, 0.25) is 0 Å². The summed E-state index contributed by atoms with van der Waals surface area (Å²) < 4.78 is 0. The SMILES string of the molecule is CC(C)(C#N)CCNC1CC1. The van der Waals surface area contributed by atoms with Gasteiger partial charge in [0.05, 0.1) is 11.5 Å². The predicted octanol–water partition coefficient (Wildman–Crippen LogP) is 1.68. The molecule has 0 aromatic heterocycles. The Balaban J connectivity index is 2.05. The quantitative estimate of drug-likeness (QED) is 0.665. The highest BCUT2D eigenvalue weighted by molar-refractivity contribution is 4.92. The van der Waals surface area contributed by atoms with Crippen LogP contribution in [0.3, 0.4) is 0 Å². The van der Waals surface area contributed by atoms with E-state index >= 15 is 0 Å². The normalized spacial score (nSPS) is 17.9. The molecule has 0 atom stereocenters. The van der Waals surface area contributed by atoms with Crippen LogP contribution in [0.15, 0.2) is 0 Å². The summed E-state index contributed by atoms with van der Waals surface area (Å²) in [6.07, 6.45) is 3.61. The Morgan fingerprint density at radius 3 is 2.64 bits per heavy atom. The molecule has 0 aromatic carbocycles. The second-order valence-electron chi connectivity index (χ2n) is 3.97. The van der Waals surface area contributed by atoms with Gasteiger partial charge in [-0.15, -0.1) is 0 Å². The zero-order valence-electron chi connectivity index (χ0n) is 7.35. The lowest BCUT2D eigenvalue weighted by molar-refractivity contribution is 0.432. The van der Waals surface area contributed by atoms with Gasteiger partial charge in [0.2, 0.25) is 0 Å². The van der Waals surface area contributed by atoms with E-state index in [9.17, 15) is 0 Å². The highest BCUT2D eigenvalue weighted by atomic mass is 14.9. The van der Waals surface area contributed by atoms with Crippen molar-refractivity contribution in [2.75, 3.05) is 6.54 Å². The van der Waals surface area contributed by atoms with Gasteiger partial charge in [-0.2, -0.15) is 5.26 Å². The van der Waals surface area contributed by atoms with Gasteiger partial charge in [-0.05, 0) is 39.7 Å². The largest absolute Gasteiger partial charge is 0.314 e. The molecule has 1 fully saturated rings. The van der Waals surface area contributed by atoms with Crippen LogP contribution in [-0.4, -0.2) is 12.6 Å². The van der Waals surface area contributed by atoms with Gasteiger partial charge in [-0.3, -0.25) is 0 Å². The van der Waals surface area contributed by atoms with Gasteiger partial charge < -0.3 is 5.32 Å². The van der Waals surface area contributed by atoms with Crippen molar-refractivity contribution in [3.05, 3.63) is 0 Å². The van der Waals surface area contributed by atoms with E-state index in [0.29, 0.717) is 0 Å². The molecular weight excluding hydrogens is 136 g/mol. The lowest BCUT2D eigenvalue weighted by Crippen LogP contribution is -2.22. The fourth-order valence-electron chi connectivity index (χ4n) is 0.932. The molecule has 0 aromatic rings. The van der Waals surface area contributed by atoms with Gasteiger partial charge in [-0.25, -0.2) is 0 Å². The lowest BCUT2D eigenvalue weighted by Gasteiger charge is -2.14. The van der Waals surface area contributed by atoms with E-state index in [1.165, 1.54) is 12.8 Å². The third kappa shape index (κ3) is 3.38. The maximum Gasteiger partial charge on any atom is 0.0684 e. The van der Waals surface area contributed by atoms with Crippen LogP contribution in [0.5, 0.6) is 0 Å². The first-order valence-electron chi connectivity index (χ1n) is 4.29. The van der Waals surface area contributed by atoms with Crippen molar-refractivity contribution in [2.45, 2.75) is 39.2 Å². The third-order valence-electron chi connectivity index (χ3n) is 2.06. The van der Waals surface area contributed by atoms with E-state index in [2.05, 4.69) is 11.4 Å². The molecule has 11 heavy (non-hydrogen) atoms. The first kappa shape index (κ1) is 8.55. The fourth-order valence-corrected chi connectivity index (χ4v) is 0.932. The molecule has 1 rings (SSSR count). The lowest BCUT2D eigenvalue weighted by atomic mass is 9.91. The summed E-state index contributed by atoms with van der Waals surface area (Å²) in [7, 11) is 0. The van der Waals surface area contributed by atoms with Crippen molar-refractivity contribution < 1.29 is 0 Å². The Bertz CT molecular complexity index is 163. The maximum absolute atomic E-state index is 8.70. The molecule has 0 spiro atoms. The molecular formula is C9H16N2. The monoisotopic (exact) mass is 152 g/mol. The molecule has 0 radical (unpaired) electrons. The molecule has 0 unspecified atom stereocenters. The van der Waals surface area contributed by atoms with Gasteiger partial charge >= 0.3 is 0 Å². The summed E-state index contributed by atoms with van der Waals surface area (Å²) >= 11 is 0. The van der Waals surface area contributed by atoms with Crippen LogP contribution < -0.4 is 5.32 Å². The van der Waals surface area contributed by atoms with Crippen molar-refractivity contribution in [2.24, 2.45) is 5.41 Å². The topological polar surface area (TPSA) is 35.8 Å². The summed E-state index contributed by atoms with van der Waals surface area (Å²) in [5.74, 6) is 0. The first-order valence-corrected chi connectivity index (χ1v) is 4.29. The van der Waals surface area contributed by atoms with E-state index in [1.807, 2.05) is 13.8 Å². The average Bonchev–Trinajstić information content (AvgIpc) is 2.71. The third-order valence-corrected chi connectivity index (χ3v) is 2.06. The number of hydrogen-bond donors (Lipinski definition) is 1. The highest BCUT2D eigenvalue weighted by Crippen LogP contribution is 2.21. The van der Waals surface area contributed by atoms with Crippen LogP contribution in [0.25, 0.3) is 0 Å². The van der Waals surface area contributed by atoms with E-state index in [4.69, 9.17) is 5.26 Å². The zero-order valence-corrected chi connectivity index (χ0v) is 7.35. The van der Waals surface area contributed by atoms with Crippen molar-refractivity contribution in [1.82, 2.24) is 5.32 Å². The van der Waals surface area contributed by atoms with Crippen LogP contribution in [0, 0.1) is 16.7 Å². The Labute approximate surface area is 68.6 Å². The molecule has 0 heterocycles. The van der Waals surface area contributed by atoms with Crippen molar-refractivity contribution in [1.29, 1.82) is 5.26 Å². The van der Waals surface area contributed by atoms with E-state index in [0.717, 1.165) is 19.0 Å². The van der Waals surface area contributed by atoms with Crippen LogP contribution in [0.4, 0.5) is 0 Å². The predicted molar refractivity (Wildman–Crippen MR) is 45.0 cm³/mol. The molecule has 0 bridgehead atoms. The number of nitrogens with one attached hydrogen (secondary N) is 1. The Kier molecular flexibility index (Phi) is 2.51. The van der Waals surface area contributed by atoms with Gasteiger partial charge in [-0.1, -0.05) is 0 Å². The summed E-state index contributed by atoms with van der Waals surface area (Å²) in [6.45, 7) is 4.97. The smallest absolute Gasteiger partial charge is 0.0684 e. The van der Waals surface area contributed by atoms with E-state index in [-0.39, 0.29) is 5.41 Å². The van der Waals surface area contributed by atoms with Crippen molar-refractivity contribution >= 4 is 0 Å². The van der Waals surface area contributed by atoms with E-state index < -0.39 is 0 Å². The molecule has 0 aliphatic heterocycles. The second kappa shape index (κ2) is 3.23. The maximum atomic E-state index is 8.70. The Hall–Kier alpha value is -0.550. The minimum absolute atomic E-state index is 0.151. The second-order valence-corrected chi connectivity index (χ2v) is 3.97. The molecule has 62 valence electrons. The zero-order chi connectivity index (χ0) is 8.32. The summed E-state index contributed by atoms with van der Waals surface area (Å²) in [4.78, 5) is 0. The molecule has 1 saturated carbocycles. The number of hydrogen-bond acceptors (Lipinski definition) is 2. The minimum Gasteiger partial charge on any atom is -0.314 e. The fraction of sp³-hybridized carbons (Fsp3) is 0.889. The molecule has 0 saturated heterocycles. The Morgan fingerprint density at radius 1 is 1.55 bits per heavy atom. The van der Waals surface area contributed by atoms with Gasteiger partial charge in [0.1, 0.15) is 0 Å². The molecule has 2 nitrogen and oxygen atoms in total. The van der Waals surface area contributed by atoms with Crippen molar-refractivity contribution in [3.63, 3.8) is 0 Å². The van der Waals surface area contributed by atoms with Gasteiger partial charge in [0.15, 0.2) is 0 Å². The molecule has 0 amide bonds. The van der Waals surface area contributed by atoms with Crippen LogP contribution in [0.1, 0.15) is 33.1 Å². The Morgan fingerprint density at radius 2 is 2.18 bits per heavy atom. The van der Waals surface area contributed by atoms with Crippen molar-refractivity contribution in [3.8, 4) is 6.07 Å². The number of nitrogens with zero attached hydrogens (tertiary/aromatic N) is 1. The van der Waals surface area contributed by atoms with Crippen LogP contribution >= 0.6 is 0 Å². The average molecular weight is 152 g/mol. The number of nitriles is 1. The van der Waals surface area contributed by atoms with Gasteiger partial charge in [0, 0.05) is 6.04 Å². The van der Waals surface area contributed by atoms with Crippen LogP contribution in [-0.2, 0) is 0 Å². The first-order chi connectivity index (χ1) is 5.14. The standard InChI is InChI=1S/C9H16N2/c1-9(2,7-10)5-6-11-8-3-4-8/h8,11H,3-6H2,1-2H3. The minimum atomic E-state index is -0.151. The highest BCUT2D eigenvalue weighted by Gasteiger charge is 2.22. The van der Waals surface area contributed by atoms with Gasteiger partial charge in [0.25, 0.3) is 0 Å². The summed E-state index contributed by atoms with van der Waals surface area (Å²) in [5.41, 5.74) is -0.151. The molecule has 2 heteroatoms.